The van der Waals surface area contributed by atoms with Crippen LogP contribution in [0.4, 0.5) is 5.69 Å². The molecular weight excluding hydrogens is 408 g/mol. The number of sulfonamides is 1. The number of hydrogen-bond donors (Lipinski definition) is 1. The van der Waals surface area contributed by atoms with Gasteiger partial charge in [-0.3, -0.25) is 4.79 Å². The van der Waals surface area contributed by atoms with Crippen molar-refractivity contribution in [3.63, 3.8) is 0 Å². The second kappa shape index (κ2) is 10.2. The minimum Gasteiger partial charge on any atom is -0.494 e. The first-order valence-corrected chi connectivity index (χ1v) is 10.9. The number of rotatable bonds is 9. The van der Waals surface area contributed by atoms with Crippen LogP contribution in [0.25, 0.3) is 0 Å². The van der Waals surface area contributed by atoms with Crippen molar-refractivity contribution in [2.24, 2.45) is 0 Å². The first-order valence-electron chi connectivity index (χ1n) is 9.45. The number of carbonyl (C=O) groups is 2. The number of amides is 1. The van der Waals surface area contributed by atoms with Gasteiger partial charge < -0.3 is 14.8 Å². The minimum atomic E-state index is -3.85. The predicted molar refractivity (Wildman–Crippen MR) is 113 cm³/mol. The maximum Gasteiger partial charge on any atom is 0.338 e. The van der Waals surface area contributed by atoms with E-state index in [-0.39, 0.29) is 18.0 Å². The molecule has 0 aliphatic rings. The second-order valence-electron chi connectivity index (χ2n) is 6.47. The second-order valence-corrected chi connectivity index (χ2v) is 8.51. The van der Waals surface area contributed by atoms with Crippen LogP contribution in [0, 0.1) is 6.92 Å². The van der Waals surface area contributed by atoms with Crippen LogP contribution in [0.15, 0.2) is 47.4 Å². The maximum absolute atomic E-state index is 12.8. The molecule has 8 nitrogen and oxygen atoms in total. The summed E-state index contributed by atoms with van der Waals surface area (Å²) in [4.78, 5) is 24.0. The van der Waals surface area contributed by atoms with Gasteiger partial charge in [0.25, 0.3) is 0 Å². The third kappa shape index (κ3) is 5.80. The van der Waals surface area contributed by atoms with E-state index in [1.165, 1.54) is 31.3 Å². The topological polar surface area (TPSA) is 102 Å². The Morgan fingerprint density at radius 1 is 1.03 bits per heavy atom. The van der Waals surface area contributed by atoms with Gasteiger partial charge in [0.1, 0.15) is 5.75 Å². The Morgan fingerprint density at radius 3 is 2.27 bits per heavy atom. The van der Waals surface area contributed by atoms with Crippen LogP contribution < -0.4 is 10.1 Å². The van der Waals surface area contributed by atoms with Crippen molar-refractivity contribution in [3.05, 3.63) is 53.6 Å². The molecule has 0 atom stereocenters. The summed E-state index contributed by atoms with van der Waals surface area (Å²) in [6.45, 7) is 5.71. The number of likely N-dealkylation sites (N-methyl/N-ethyl adjacent to an activating group) is 1. The first kappa shape index (κ1) is 23.4. The highest BCUT2D eigenvalue weighted by Gasteiger charge is 2.24. The van der Waals surface area contributed by atoms with Crippen molar-refractivity contribution in [2.45, 2.75) is 25.7 Å². The highest BCUT2D eigenvalue weighted by Crippen LogP contribution is 2.23. The fraction of sp³-hybridized carbons (Fsp3) is 0.333. The molecule has 0 aliphatic heterocycles. The van der Waals surface area contributed by atoms with E-state index >= 15 is 0 Å². The summed E-state index contributed by atoms with van der Waals surface area (Å²) in [6.07, 6.45) is 0. The summed E-state index contributed by atoms with van der Waals surface area (Å²) >= 11 is 0. The van der Waals surface area contributed by atoms with Gasteiger partial charge in [-0.1, -0.05) is 0 Å². The fourth-order valence-corrected chi connectivity index (χ4v) is 3.88. The van der Waals surface area contributed by atoms with E-state index < -0.39 is 21.9 Å². The van der Waals surface area contributed by atoms with E-state index in [1.807, 2.05) is 6.92 Å². The summed E-state index contributed by atoms with van der Waals surface area (Å²) in [5.41, 5.74) is 1.49. The van der Waals surface area contributed by atoms with Crippen molar-refractivity contribution < 1.29 is 27.5 Å². The molecule has 0 bridgehead atoms. The zero-order valence-electron chi connectivity index (χ0n) is 17.5. The number of ether oxygens (including phenoxy) is 2. The van der Waals surface area contributed by atoms with Crippen molar-refractivity contribution in [3.8, 4) is 5.75 Å². The number of aryl methyl sites for hydroxylation is 1. The average Bonchev–Trinajstić information content (AvgIpc) is 2.70. The SMILES string of the molecule is CCOC(=O)c1ccc(NC(=O)CN(C)S(=O)(=O)c2ccc(OCC)c(C)c2)cc1. The lowest BCUT2D eigenvalue weighted by molar-refractivity contribution is -0.116. The molecule has 0 aliphatic carbocycles. The first-order chi connectivity index (χ1) is 14.2. The number of esters is 1. The Morgan fingerprint density at radius 2 is 1.70 bits per heavy atom. The van der Waals surface area contributed by atoms with Gasteiger partial charge in [-0.05, 0) is 68.8 Å². The highest BCUT2D eigenvalue weighted by atomic mass is 32.2. The molecule has 0 unspecified atom stereocenters. The Kier molecular flexibility index (Phi) is 7.96. The van der Waals surface area contributed by atoms with E-state index in [4.69, 9.17) is 9.47 Å². The Labute approximate surface area is 176 Å². The largest absolute Gasteiger partial charge is 0.494 e. The van der Waals surface area contributed by atoms with Crippen LogP contribution in [0.1, 0.15) is 29.8 Å². The normalized spacial score (nSPS) is 11.2. The standard InChI is InChI=1S/C21H26N2O6S/c1-5-28-19-12-11-18(13-15(19)3)30(26,27)23(4)14-20(24)22-17-9-7-16(8-10-17)21(25)29-6-2/h7-13H,5-6,14H2,1-4H3,(H,22,24). The van der Waals surface area contributed by atoms with Gasteiger partial charge >= 0.3 is 5.97 Å². The molecule has 30 heavy (non-hydrogen) atoms. The zero-order chi connectivity index (χ0) is 22.3. The van der Waals surface area contributed by atoms with Crippen LogP contribution in [-0.4, -0.2) is 51.4 Å². The number of hydrogen-bond acceptors (Lipinski definition) is 6. The summed E-state index contributed by atoms with van der Waals surface area (Å²) < 4.78 is 36.9. The molecule has 9 heteroatoms. The van der Waals surface area contributed by atoms with E-state index in [1.54, 1.807) is 32.0 Å². The van der Waals surface area contributed by atoms with Gasteiger partial charge in [0, 0.05) is 12.7 Å². The monoisotopic (exact) mass is 434 g/mol. The number of anilines is 1. The highest BCUT2D eigenvalue weighted by molar-refractivity contribution is 7.89. The smallest absolute Gasteiger partial charge is 0.338 e. The Hall–Kier alpha value is -2.91. The molecule has 0 fully saturated rings. The van der Waals surface area contributed by atoms with Crippen LogP contribution in [0.5, 0.6) is 5.75 Å². The molecular formula is C21H26N2O6S. The van der Waals surface area contributed by atoms with E-state index in [2.05, 4.69) is 5.32 Å². The molecule has 0 aromatic heterocycles. The van der Waals surface area contributed by atoms with Gasteiger partial charge in [0.15, 0.2) is 0 Å². The van der Waals surface area contributed by atoms with Gasteiger partial charge in [0.2, 0.25) is 15.9 Å². The maximum atomic E-state index is 12.8. The van der Waals surface area contributed by atoms with Gasteiger partial charge in [-0.25, -0.2) is 13.2 Å². The van der Waals surface area contributed by atoms with Gasteiger partial charge in [0.05, 0.1) is 30.2 Å². The lowest BCUT2D eigenvalue weighted by atomic mass is 10.2. The molecule has 0 saturated heterocycles. The summed E-state index contributed by atoms with van der Waals surface area (Å²) in [5, 5.41) is 2.61. The lowest BCUT2D eigenvalue weighted by Crippen LogP contribution is -2.35. The molecule has 2 aromatic rings. The van der Waals surface area contributed by atoms with Crippen LogP contribution in [0.2, 0.25) is 0 Å². The number of benzene rings is 2. The molecule has 2 rings (SSSR count). The predicted octanol–water partition coefficient (Wildman–Crippen LogP) is 2.83. The van der Waals surface area contributed by atoms with E-state index in [0.29, 0.717) is 29.2 Å². The molecule has 0 radical (unpaired) electrons. The van der Waals surface area contributed by atoms with E-state index in [0.717, 1.165) is 4.31 Å². The minimum absolute atomic E-state index is 0.0811. The number of nitrogens with zero attached hydrogens (tertiary/aromatic N) is 1. The van der Waals surface area contributed by atoms with Crippen molar-refractivity contribution in [1.82, 2.24) is 4.31 Å². The summed E-state index contributed by atoms with van der Waals surface area (Å²) in [7, 11) is -2.51. The van der Waals surface area contributed by atoms with Crippen LogP contribution in [0.3, 0.4) is 0 Å². The fourth-order valence-electron chi connectivity index (χ4n) is 2.67. The Bertz CT molecular complexity index is 1000. The third-order valence-corrected chi connectivity index (χ3v) is 6.00. The molecule has 0 saturated carbocycles. The molecule has 1 N–H and O–H groups in total. The summed E-state index contributed by atoms with van der Waals surface area (Å²) in [6, 6.07) is 10.7. The quantitative estimate of drug-likeness (QED) is 0.609. The summed E-state index contributed by atoms with van der Waals surface area (Å²) in [5.74, 6) is -0.345. The van der Waals surface area contributed by atoms with Gasteiger partial charge in [-0.15, -0.1) is 0 Å². The van der Waals surface area contributed by atoms with Crippen molar-refractivity contribution in [2.75, 3.05) is 32.1 Å². The molecule has 2 aromatic carbocycles. The molecule has 0 heterocycles. The molecule has 1 amide bonds. The van der Waals surface area contributed by atoms with Crippen LogP contribution >= 0.6 is 0 Å². The number of nitrogens with one attached hydrogen (secondary N) is 1. The number of carbonyl (C=O) groups excluding carboxylic acids is 2. The lowest BCUT2D eigenvalue weighted by Gasteiger charge is -2.18. The average molecular weight is 435 g/mol. The van der Waals surface area contributed by atoms with Crippen LogP contribution in [-0.2, 0) is 19.6 Å². The third-order valence-electron chi connectivity index (χ3n) is 4.20. The van der Waals surface area contributed by atoms with Gasteiger partial charge in [-0.2, -0.15) is 4.31 Å². The Balaban J connectivity index is 2.04. The molecule has 162 valence electrons. The van der Waals surface area contributed by atoms with Crippen molar-refractivity contribution >= 4 is 27.6 Å². The van der Waals surface area contributed by atoms with Crippen molar-refractivity contribution in [1.29, 1.82) is 0 Å². The molecule has 0 spiro atoms. The van der Waals surface area contributed by atoms with E-state index in [9.17, 15) is 18.0 Å². The zero-order valence-corrected chi connectivity index (χ0v) is 18.3.